The minimum absolute atomic E-state index is 0.229. The maximum absolute atomic E-state index is 12.0. The molecule has 6 heteroatoms. The van der Waals surface area contributed by atoms with E-state index in [1.54, 1.807) is 12.3 Å². The third-order valence-electron chi connectivity index (χ3n) is 3.05. The van der Waals surface area contributed by atoms with Gasteiger partial charge in [-0.15, -0.1) is 0 Å². The van der Waals surface area contributed by atoms with Gasteiger partial charge in [0.25, 0.3) is 0 Å². The van der Waals surface area contributed by atoms with Gasteiger partial charge in [0.2, 0.25) is 0 Å². The van der Waals surface area contributed by atoms with E-state index in [0.29, 0.717) is 5.02 Å². The molecule has 2 rings (SSSR count). The van der Waals surface area contributed by atoms with Crippen LogP contribution in [0, 0.1) is 0 Å². The molecule has 0 aliphatic carbocycles. The average Bonchev–Trinajstić information content (AvgIpc) is 2.44. The van der Waals surface area contributed by atoms with E-state index in [4.69, 9.17) is 22.1 Å². The maximum Gasteiger partial charge on any atom is 0.408 e. The molecule has 0 bridgehead atoms. The van der Waals surface area contributed by atoms with Gasteiger partial charge in [-0.2, -0.15) is 0 Å². The van der Waals surface area contributed by atoms with E-state index in [1.165, 1.54) is 0 Å². The van der Waals surface area contributed by atoms with Gasteiger partial charge in [0.05, 0.1) is 11.6 Å². The molecule has 0 aliphatic rings. The third kappa shape index (κ3) is 3.87. The maximum atomic E-state index is 12.0. The molecule has 1 heterocycles. The van der Waals surface area contributed by atoms with Crippen molar-refractivity contribution in [2.75, 3.05) is 6.54 Å². The Kier molecular flexibility index (Phi) is 4.88. The molecular formula is C16H20ClN3O2. The zero-order chi connectivity index (χ0) is 16.3. The van der Waals surface area contributed by atoms with Crippen LogP contribution >= 0.6 is 11.6 Å². The number of nitrogens with one attached hydrogen (secondary N) is 1. The van der Waals surface area contributed by atoms with E-state index in [9.17, 15) is 4.79 Å². The summed E-state index contributed by atoms with van der Waals surface area (Å²) < 4.78 is 5.28. The summed E-state index contributed by atoms with van der Waals surface area (Å²) >= 11 is 6.19. The molecule has 1 aromatic heterocycles. The van der Waals surface area contributed by atoms with Crippen LogP contribution in [-0.2, 0) is 4.74 Å². The summed E-state index contributed by atoms with van der Waals surface area (Å²) in [5.41, 5.74) is 6.79. The first kappa shape index (κ1) is 16.5. The van der Waals surface area contributed by atoms with Gasteiger partial charge in [-0.05, 0) is 39.0 Å². The minimum Gasteiger partial charge on any atom is -0.444 e. The molecule has 1 atom stereocenters. The van der Waals surface area contributed by atoms with Crippen molar-refractivity contribution < 1.29 is 9.53 Å². The summed E-state index contributed by atoms with van der Waals surface area (Å²) in [6.07, 6.45) is 1.17. The van der Waals surface area contributed by atoms with Gasteiger partial charge in [-0.3, -0.25) is 4.98 Å². The third-order valence-corrected chi connectivity index (χ3v) is 3.38. The number of carbonyl (C=O) groups excluding carboxylic acids is 1. The molecule has 0 aliphatic heterocycles. The van der Waals surface area contributed by atoms with Crippen LogP contribution in [0.2, 0.25) is 5.02 Å². The summed E-state index contributed by atoms with van der Waals surface area (Å²) in [4.78, 5) is 16.3. The molecule has 3 N–H and O–H groups in total. The fraction of sp³-hybridized carbons (Fsp3) is 0.375. The minimum atomic E-state index is -0.566. The van der Waals surface area contributed by atoms with Crippen molar-refractivity contribution in [3.8, 4) is 0 Å². The predicted octanol–water partition coefficient (Wildman–Crippen LogP) is 3.41. The zero-order valence-electron chi connectivity index (χ0n) is 12.9. The number of nitrogens with two attached hydrogens (primary N) is 1. The Balaban J connectivity index is 2.32. The molecule has 0 spiro atoms. The Morgan fingerprint density at radius 1 is 1.41 bits per heavy atom. The SMILES string of the molecule is CC(C)(C)OC(=O)NC(CN)c1ccc(Cl)c2cccnc12. The van der Waals surface area contributed by atoms with Crippen LogP contribution < -0.4 is 11.1 Å². The Bertz CT molecular complexity index is 683. The smallest absolute Gasteiger partial charge is 0.408 e. The Hall–Kier alpha value is -1.85. The van der Waals surface area contributed by atoms with Gasteiger partial charge < -0.3 is 15.8 Å². The van der Waals surface area contributed by atoms with E-state index in [-0.39, 0.29) is 6.54 Å². The summed E-state index contributed by atoms with van der Waals surface area (Å²) in [7, 11) is 0. The number of hydrogen-bond donors (Lipinski definition) is 2. The number of rotatable bonds is 3. The summed E-state index contributed by atoms with van der Waals surface area (Å²) in [6, 6.07) is 6.91. The molecule has 2 aromatic rings. The summed E-state index contributed by atoms with van der Waals surface area (Å²) in [6.45, 7) is 5.66. The predicted molar refractivity (Wildman–Crippen MR) is 87.9 cm³/mol. The molecule has 118 valence electrons. The van der Waals surface area contributed by atoms with Crippen molar-refractivity contribution in [2.24, 2.45) is 5.73 Å². The van der Waals surface area contributed by atoms with Crippen molar-refractivity contribution in [1.82, 2.24) is 10.3 Å². The van der Waals surface area contributed by atoms with E-state index in [2.05, 4.69) is 10.3 Å². The number of fused-ring (bicyclic) bond motifs is 1. The highest BCUT2D eigenvalue weighted by Gasteiger charge is 2.21. The first-order valence-corrected chi connectivity index (χ1v) is 7.42. The second-order valence-electron chi connectivity index (χ2n) is 5.97. The number of amides is 1. The molecule has 22 heavy (non-hydrogen) atoms. The van der Waals surface area contributed by atoms with Crippen molar-refractivity contribution in [3.63, 3.8) is 0 Å². The van der Waals surface area contributed by atoms with Gasteiger partial charge in [0.15, 0.2) is 0 Å². The fourth-order valence-corrected chi connectivity index (χ4v) is 2.37. The van der Waals surface area contributed by atoms with Crippen LogP contribution in [0.1, 0.15) is 32.4 Å². The quantitative estimate of drug-likeness (QED) is 0.908. The van der Waals surface area contributed by atoms with Gasteiger partial charge in [0, 0.05) is 28.7 Å². The highest BCUT2D eigenvalue weighted by molar-refractivity contribution is 6.35. The lowest BCUT2D eigenvalue weighted by Crippen LogP contribution is -2.37. The summed E-state index contributed by atoms with van der Waals surface area (Å²) in [5.74, 6) is 0. The first-order valence-electron chi connectivity index (χ1n) is 7.04. The lowest BCUT2D eigenvalue weighted by molar-refractivity contribution is 0.0505. The molecular weight excluding hydrogens is 302 g/mol. The largest absolute Gasteiger partial charge is 0.444 e. The van der Waals surface area contributed by atoms with E-state index >= 15 is 0 Å². The monoisotopic (exact) mass is 321 g/mol. The average molecular weight is 322 g/mol. The number of pyridine rings is 1. The second kappa shape index (κ2) is 6.50. The summed E-state index contributed by atoms with van der Waals surface area (Å²) in [5, 5.41) is 4.22. The van der Waals surface area contributed by atoms with Gasteiger partial charge >= 0.3 is 6.09 Å². The molecule has 1 amide bonds. The normalized spacial score (nSPS) is 13.0. The van der Waals surface area contributed by atoms with E-state index in [0.717, 1.165) is 16.5 Å². The highest BCUT2D eigenvalue weighted by Crippen LogP contribution is 2.28. The molecule has 1 unspecified atom stereocenters. The van der Waals surface area contributed by atoms with Crippen molar-refractivity contribution in [2.45, 2.75) is 32.4 Å². The molecule has 0 radical (unpaired) electrons. The van der Waals surface area contributed by atoms with Crippen molar-refractivity contribution in [1.29, 1.82) is 0 Å². The number of hydrogen-bond acceptors (Lipinski definition) is 4. The molecule has 0 fully saturated rings. The van der Waals surface area contributed by atoms with Crippen LogP contribution in [0.3, 0.4) is 0 Å². The number of benzene rings is 1. The van der Waals surface area contributed by atoms with E-state index in [1.807, 2.05) is 39.0 Å². The lowest BCUT2D eigenvalue weighted by atomic mass is 10.0. The molecule has 5 nitrogen and oxygen atoms in total. The van der Waals surface area contributed by atoms with Gasteiger partial charge in [0.1, 0.15) is 5.60 Å². The number of ether oxygens (including phenoxy) is 1. The van der Waals surface area contributed by atoms with Crippen LogP contribution in [0.4, 0.5) is 4.79 Å². The van der Waals surface area contributed by atoms with Crippen LogP contribution in [0.25, 0.3) is 10.9 Å². The number of aromatic nitrogens is 1. The van der Waals surface area contributed by atoms with Crippen LogP contribution in [0.5, 0.6) is 0 Å². The highest BCUT2D eigenvalue weighted by atomic mass is 35.5. The van der Waals surface area contributed by atoms with Crippen molar-refractivity contribution in [3.05, 3.63) is 41.0 Å². The van der Waals surface area contributed by atoms with E-state index < -0.39 is 17.7 Å². The number of carbonyl (C=O) groups is 1. The number of alkyl carbamates (subject to hydrolysis) is 1. The second-order valence-corrected chi connectivity index (χ2v) is 6.38. The number of nitrogens with zero attached hydrogens (tertiary/aromatic N) is 1. The number of halogens is 1. The topological polar surface area (TPSA) is 77.2 Å². The van der Waals surface area contributed by atoms with Crippen LogP contribution in [-0.4, -0.2) is 23.2 Å². The zero-order valence-corrected chi connectivity index (χ0v) is 13.6. The van der Waals surface area contributed by atoms with Gasteiger partial charge in [-0.1, -0.05) is 17.7 Å². The lowest BCUT2D eigenvalue weighted by Gasteiger charge is -2.23. The van der Waals surface area contributed by atoms with Crippen molar-refractivity contribution >= 4 is 28.6 Å². The Morgan fingerprint density at radius 3 is 2.77 bits per heavy atom. The Labute approximate surface area is 134 Å². The molecule has 0 saturated heterocycles. The fourth-order valence-electron chi connectivity index (χ4n) is 2.15. The standard InChI is InChI=1S/C16H20ClN3O2/c1-16(2,3)22-15(21)20-13(9-18)11-6-7-12(17)10-5-4-8-19-14(10)11/h4-8,13H,9,18H2,1-3H3,(H,20,21). The van der Waals surface area contributed by atoms with Gasteiger partial charge in [-0.25, -0.2) is 4.79 Å². The molecule has 1 aromatic carbocycles. The Morgan fingerprint density at radius 2 is 2.14 bits per heavy atom. The van der Waals surface area contributed by atoms with Crippen LogP contribution in [0.15, 0.2) is 30.5 Å². The first-order chi connectivity index (χ1) is 10.3. The molecule has 0 saturated carbocycles.